The number of aliphatic hydroxyl groups excluding tert-OH is 1. The Morgan fingerprint density at radius 2 is 1.93 bits per heavy atom. The summed E-state index contributed by atoms with van der Waals surface area (Å²) >= 11 is 11.9. The zero-order valence-corrected chi connectivity index (χ0v) is 9.94. The van der Waals surface area contributed by atoms with E-state index in [0.717, 1.165) is 0 Å². The molecule has 3 heteroatoms. The quantitative estimate of drug-likeness (QED) is 0.800. The zero-order chi connectivity index (χ0) is 11.3. The number of hydrogen-bond acceptors (Lipinski definition) is 1. The Labute approximate surface area is 100 Å². The van der Waals surface area contributed by atoms with Crippen molar-refractivity contribution < 1.29 is 5.11 Å². The smallest absolute Gasteiger partial charge is 0.0828 e. The van der Waals surface area contributed by atoms with Crippen molar-refractivity contribution in [1.29, 1.82) is 0 Å². The average Bonchev–Trinajstić information content (AvgIpc) is 2.18. The maximum Gasteiger partial charge on any atom is 0.0828 e. The van der Waals surface area contributed by atoms with Crippen molar-refractivity contribution >= 4 is 23.2 Å². The summed E-state index contributed by atoms with van der Waals surface area (Å²) in [7, 11) is 0. The van der Waals surface area contributed by atoms with Crippen LogP contribution in [-0.2, 0) is 0 Å². The maximum atomic E-state index is 9.87. The fraction of sp³-hybridized carbons (Fsp3) is 0.333. The molecule has 0 aliphatic heterocycles. The highest BCUT2D eigenvalue weighted by Crippen LogP contribution is 2.32. The minimum atomic E-state index is -0.646. The fourth-order valence-corrected chi connectivity index (χ4v) is 1.96. The lowest BCUT2D eigenvalue weighted by Gasteiger charge is -2.12. The first-order valence-corrected chi connectivity index (χ1v) is 5.44. The lowest BCUT2D eigenvalue weighted by atomic mass is 10.0. The molecular formula is C12H12Cl2O. The first kappa shape index (κ1) is 12.4. The van der Waals surface area contributed by atoms with Crippen molar-refractivity contribution in [2.75, 3.05) is 0 Å². The normalized spacial score (nSPS) is 11.7. The van der Waals surface area contributed by atoms with Crippen LogP contribution in [0.2, 0.25) is 10.0 Å². The van der Waals surface area contributed by atoms with E-state index >= 15 is 0 Å². The van der Waals surface area contributed by atoms with Gasteiger partial charge in [-0.25, -0.2) is 0 Å². The van der Waals surface area contributed by atoms with Crippen LogP contribution < -0.4 is 0 Å². The summed E-state index contributed by atoms with van der Waals surface area (Å²) in [6.45, 7) is 1.77. The molecule has 0 bridgehead atoms. The van der Waals surface area contributed by atoms with Gasteiger partial charge >= 0.3 is 0 Å². The average molecular weight is 243 g/mol. The van der Waals surface area contributed by atoms with Gasteiger partial charge in [0.2, 0.25) is 0 Å². The topological polar surface area (TPSA) is 20.2 Å². The highest BCUT2D eigenvalue weighted by atomic mass is 35.5. The first-order chi connectivity index (χ1) is 7.16. The third-order valence-electron chi connectivity index (χ3n) is 2.05. The van der Waals surface area contributed by atoms with Crippen LogP contribution in [0.4, 0.5) is 0 Å². The van der Waals surface area contributed by atoms with Crippen LogP contribution in [0.3, 0.4) is 0 Å². The summed E-state index contributed by atoms with van der Waals surface area (Å²) in [5.74, 6) is 5.67. The number of halogens is 2. The van der Waals surface area contributed by atoms with Crippen LogP contribution in [0, 0.1) is 11.8 Å². The molecule has 0 radical (unpaired) electrons. The van der Waals surface area contributed by atoms with E-state index in [1.807, 2.05) is 0 Å². The molecule has 0 fully saturated rings. The standard InChI is InChI=1S/C12H12Cl2O/c1-2-3-4-8-11(15)12-9(13)6-5-7-10(12)14/h5-7,11,15H,4,8H2,1H3. The highest BCUT2D eigenvalue weighted by molar-refractivity contribution is 6.36. The minimum absolute atomic E-state index is 0.499. The predicted molar refractivity (Wildman–Crippen MR) is 64.1 cm³/mol. The van der Waals surface area contributed by atoms with Crippen LogP contribution in [-0.4, -0.2) is 5.11 Å². The van der Waals surface area contributed by atoms with Crippen LogP contribution in [0.25, 0.3) is 0 Å². The van der Waals surface area contributed by atoms with Crippen molar-refractivity contribution in [3.05, 3.63) is 33.8 Å². The molecule has 1 N–H and O–H groups in total. The summed E-state index contributed by atoms with van der Waals surface area (Å²) < 4.78 is 0. The van der Waals surface area contributed by atoms with E-state index in [0.29, 0.717) is 28.5 Å². The Balaban J connectivity index is 2.79. The van der Waals surface area contributed by atoms with E-state index < -0.39 is 6.10 Å². The molecule has 1 aromatic carbocycles. The van der Waals surface area contributed by atoms with Crippen molar-refractivity contribution in [2.45, 2.75) is 25.9 Å². The maximum absolute atomic E-state index is 9.87. The molecular weight excluding hydrogens is 231 g/mol. The molecule has 0 saturated carbocycles. The van der Waals surface area contributed by atoms with Gasteiger partial charge in [-0.3, -0.25) is 0 Å². The minimum Gasteiger partial charge on any atom is -0.388 e. The molecule has 0 aliphatic carbocycles. The van der Waals surface area contributed by atoms with Gasteiger partial charge in [0, 0.05) is 22.0 Å². The molecule has 0 amide bonds. The SMILES string of the molecule is CC#CCCC(O)c1c(Cl)cccc1Cl. The summed E-state index contributed by atoms with van der Waals surface area (Å²) in [6, 6.07) is 5.20. The molecule has 0 aromatic heterocycles. The molecule has 1 rings (SSSR count). The van der Waals surface area contributed by atoms with E-state index in [-0.39, 0.29) is 0 Å². The Morgan fingerprint density at radius 1 is 1.33 bits per heavy atom. The van der Waals surface area contributed by atoms with Gasteiger partial charge in [0.25, 0.3) is 0 Å². The number of hydrogen-bond donors (Lipinski definition) is 1. The van der Waals surface area contributed by atoms with Crippen molar-refractivity contribution in [1.82, 2.24) is 0 Å². The van der Waals surface area contributed by atoms with E-state index in [4.69, 9.17) is 23.2 Å². The summed E-state index contributed by atoms with van der Waals surface area (Å²) in [6.07, 6.45) is 0.538. The zero-order valence-electron chi connectivity index (χ0n) is 8.43. The molecule has 1 unspecified atom stereocenters. The van der Waals surface area contributed by atoms with Gasteiger partial charge in [-0.05, 0) is 25.5 Å². The Morgan fingerprint density at radius 3 is 2.47 bits per heavy atom. The molecule has 0 heterocycles. The monoisotopic (exact) mass is 242 g/mol. The molecule has 0 saturated heterocycles. The molecule has 1 aromatic rings. The number of rotatable bonds is 3. The van der Waals surface area contributed by atoms with Gasteiger partial charge in [0.1, 0.15) is 0 Å². The lowest BCUT2D eigenvalue weighted by molar-refractivity contribution is 0.169. The van der Waals surface area contributed by atoms with Crippen LogP contribution in [0.15, 0.2) is 18.2 Å². The van der Waals surface area contributed by atoms with Gasteiger partial charge < -0.3 is 5.11 Å². The Hall–Kier alpha value is -0.680. The largest absolute Gasteiger partial charge is 0.388 e. The van der Waals surface area contributed by atoms with E-state index in [9.17, 15) is 5.11 Å². The van der Waals surface area contributed by atoms with Gasteiger partial charge in [0.15, 0.2) is 0 Å². The predicted octanol–water partition coefficient (Wildman–Crippen LogP) is 3.83. The second-order valence-electron chi connectivity index (χ2n) is 3.12. The second kappa shape index (κ2) is 6.02. The second-order valence-corrected chi connectivity index (χ2v) is 3.93. The molecule has 1 atom stereocenters. The van der Waals surface area contributed by atoms with Crippen molar-refractivity contribution in [2.24, 2.45) is 0 Å². The molecule has 1 nitrogen and oxygen atoms in total. The summed E-state index contributed by atoms with van der Waals surface area (Å²) in [5, 5.41) is 10.9. The van der Waals surface area contributed by atoms with Crippen LogP contribution in [0.1, 0.15) is 31.4 Å². The lowest BCUT2D eigenvalue weighted by Crippen LogP contribution is -1.98. The van der Waals surface area contributed by atoms with Crippen LogP contribution >= 0.6 is 23.2 Å². The van der Waals surface area contributed by atoms with Crippen molar-refractivity contribution in [3.63, 3.8) is 0 Å². The molecule has 0 aliphatic rings. The van der Waals surface area contributed by atoms with Gasteiger partial charge in [-0.2, -0.15) is 0 Å². The van der Waals surface area contributed by atoms with E-state index in [2.05, 4.69) is 11.8 Å². The third-order valence-corrected chi connectivity index (χ3v) is 2.71. The van der Waals surface area contributed by atoms with Crippen molar-refractivity contribution in [3.8, 4) is 11.8 Å². The third kappa shape index (κ3) is 3.43. The fourth-order valence-electron chi connectivity index (χ4n) is 1.31. The number of aliphatic hydroxyl groups is 1. The van der Waals surface area contributed by atoms with E-state index in [1.165, 1.54) is 0 Å². The number of benzene rings is 1. The van der Waals surface area contributed by atoms with Gasteiger partial charge in [0.05, 0.1) is 6.10 Å². The Bertz CT molecular complexity index is 370. The Kier molecular flexibility index (Phi) is 4.98. The van der Waals surface area contributed by atoms with Crippen LogP contribution in [0.5, 0.6) is 0 Å². The summed E-state index contributed by atoms with van der Waals surface area (Å²) in [5.41, 5.74) is 0.596. The molecule has 0 spiro atoms. The van der Waals surface area contributed by atoms with Gasteiger partial charge in [-0.15, -0.1) is 11.8 Å². The molecule has 15 heavy (non-hydrogen) atoms. The first-order valence-electron chi connectivity index (χ1n) is 4.68. The molecule has 80 valence electrons. The highest BCUT2D eigenvalue weighted by Gasteiger charge is 2.14. The van der Waals surface area contributed by atoms with Gasteiger partial charge in [-0.1, -0.05) is 29.3 Å². The van der Waals surface area contributed by atoms with E-state index in [1.54, 1.807) is 25.1 Å². The summed E-state index contributed by atoms with van der Waals surface area (Å²) in [4.78, 5) is 0.